The van der Waals surface area contributed by atoms with Crippen LogP contribution in [0.1, 0.15) is 0 Å². The Morgan fingerprint density at radius 2 is 2.13 bits per heavy atom. The van der Waals surface area contributed by atoms with E-state index in [1.807, 2.05) is 18.2 Å². The first-order valence-electron chi connectivity index (χ1n) is 4.39. The third kappa shape index (κ3) is 1.94. The highest BCUT2D eigenvalue weighted by atomic mass is 32.1. The van der Waals surface area contributed by atoms with Gasteiger partial charge >= 0.3 is 0 Å². The Morgan fingerprint density at radius 1 is 1.27 bits per heavy atom. The summed E-state index contributed by atoms with van der Waals surface area (Å²) >= 11 is 1.46. The second-order valence-corrected chi connectivity index (χ2v) is 3.71. The number of ether oxygens (including phenoxy) is 2. The molecule has 2 aromatic rings. The molecule has 0 aliphatic rings. The van der Waals surface area contributed by atoms with Crippen LogP contribution in [0, 0.1) is 5.51 Å². The lowest BCUT2D eigenvalue weighted by atomic mass is 10.1. The van der Waals surface area contributed by atoms with E-state index < -0.39 is 0 Å². The van der Waals surface area contributed by atoms with Gasteiger partial charge in [0.25, 0.3) is 0 Å². The summed E-state index contributed by atoms with van der Waals surface area (Å²) in [6.07, 6.45) is 1.77. The maximum atomic E-state index is 5.30. The summed E-state index contributed by atoms with van der Waals surface area (Å²) < 4.78 is 10.4. The van der Waals surface area contributed by atoms with Crippen LogP contribution in [-0.2, 0) is 0 Å². The monoisotopic (exact) mass is 220 g/mol. The molecule has 0 saturated carbocycles. The van der Waals surface area contributed by atoms with Gasteiger partial charge in [-0.15, -0.1) is 11.3 Å². The molecule has 77 valence electrons. The van der Waals surface area contributed by atoms with Crippen molar-refractivity contribution in [2.45, 2.75) is 0 Å². The van der Waals surface area contributed by atoms with E-state index >= 15 is 0 Å². The van der Waals surface area contributed by atoms with Crippen LogP contribution in [0.25, 0.3) is 10.4 Å². The van der Waals surface area contributed by atoms with Crippen LogP contribution >= 0.6 is 11.3 Å². The number of nitrogens with zero attached hydrogens (tertiary/aromatic N) is 1. The van der Waals surface area contributed by atoms with Crippen LogP contribution in [0.15, 0.2) is 24.4 Å². The maximum absolute atomic E-state index is 5.30. The zero-order valence-electron chi connectivity index (χ0n) is 8.48. The number of aromatic nitrogens is 1. The van der Waals surface area contributed by atoms with E-state index in [2.05, 4.69) is 10.5 Å². The molecule has 0 atom stereocenters. The smallest absolute Gasteiger partial charge is 0.152 e. The van der Waals surface area contributed by atoms with Gasteiger partial charge in [-0.2, -0.15) is 0 Å². The first kappa shape index (κ1) is 9.98. The minimum absolute atomic E-state index is 0.782. The van der Waals surface area contributed by atoms with Gasteiger partial charge < -0.3 is 9.47 Å². The normalized spacial score (nSPS) is 10.0. The lowest BCUT2D eigenvalue weighted by Crippen LogP contribution is -1.89. The molecular formula is C11H10NO2S. The molecule has 0 bridgehead atoms. The summed E-state index contributed by atoms with van der Waals surface area (Å²) in [6, 6.07) is 5.71. The molecule has 0 saturated heterocycles. The van der Waals surface area contributed by atoms with Crippen molar-refractivity contribution in [2.75, 3.05) is 14.2 Å². The van der Waals surface area contributed by atoms with Crippen LogP contribution in [-0.4, -0.2) is 19.2 Å². The number of benzene rings is 1. The van der Waals surface area contributed by atoms with E-state index in [1.54, 1.807) is 20.4 Å². The Morgan fingerprint density at radius 3 is 2.73 bits per heavy atom. The van der Waals surface area contributed by atoms with Crippen molar-refractivity contribution < 1.29 is 9.47 Å². The van der Waals surface area contributed by atoms with Crippen LogP contribution in [0.2, 0.25) is 0 Å². The molecule has 4 heteroatoms. The van der Waals surface area contributed by atoms with Crippen LogP contribution in [0.4, 0.5) is 0 Å². The third-order valence-corrected chi connectivity index (χ3v) is 2.81. The summed E-state index contributed by atoms with van der Waals surface area (Å²) in [4.78, 5) is 4.96. The lowest BCUT2D eigenvalue weighted by Gasteiger charge is -2.08. The fourth-order valence-corrected chi connectivity index (χ4v) is 1.90. The van der Waals surface area contributed by atoms with Crippen LogP contribution < -0.4 is 9.47 Å². The Labute approximate surface area is 92.3 Å². The van der Waals surface area contributed by atoms with Crippen molar-refractivity contribution in [1.29, 1.82) is 0 Å². The summed E-state index contributed by atoms with van der Waals surface area (Å²) in [5.41, 5.74) is 3.82. The SMILES string of the molecule is COc1ccc(-c2cn[c]s2)c(OC)c1. The van der Waals surface area contributed by atoms with Gasteiger partial charge in [0.05, 0.1) is 19.1 Å². The van der Waals surface area contributed by atoms with Crippen LogP contribution in [0.5, 0.6) is 11.5 Å². The minimum Gasteiger partial charge on any atom is -0.497 e. The Bertz CT molecular complexity index is 440. The first-order valence-corrected chi connectivity index (χ1v) is 5.21. The molecule has 15 heavy (non-hydrogen) atoms. The second kappa shape index (κ2) is 4.31. The zero-order chi connectivity index (χ0) is 10.7. The fourth-order valence-electron chi connectivity index (χ4n) is 1.31. The van der Waals surface area contributed by atoms with E-state index in [0.29, 0.717) is 0 Å². The second-order valence-electron chi connectivity index (χ2n) is 2.88. The van der Waals surface area contributed by atoms with Gasteiger partial charge in [0.15, 0.2) is 5.51 Å². The topological polar surface area (TPSA) is 31.4 Å². The quantitative estimate of drug-likeness (QED) is 0.796. The molecule has 0 amide bonds. The molecule has 0 N–H and O–H groups in total. The molecular weight excluding hydrogens is 210 g/mol. The number of rotatable bonds is 3. The summed E-state index contributed by atoms with van der Waals surface area (Å²) in [7, 11) is 3.28. The van der Waals surface area contributed by atoms with E-state index in [0.717, 1.165) is 21.9 Å². The molecule has 1 heterocycles. The summed E-state index contributed by atoms with van der Waals surface area (Å²) in [5, 5.41) is 0. The number of thiazole rings is 1. The van der Waals surface area contributed by atoms with Gasteiger partial charge in [0.1, 0.15) is 11.5 Å². The maximum Gasteiger partial charge on any atom is 0.152 e. The van der Waals surface area contributed by atoms with E-state index in [1.165, 1.54) is 11.3 Å². The van der Waals surface area contributed by atoms with Gasteiger partial charge in [0, 0.05) is 17.8 Å². The van der Waals surface area contributed by atoms with Gasteiger partial charge in [-0.25, -0.2) is 4.98 Å². The van der Waals surface area contributed by atoms with Crippen molar-refractivity contribution in [3.05, 3.63) is 29.9 Å². The molecule has 0 fully saturated rings. The summed E-state index contributed by atoms with van der Waals surface area (Å²) in [5.74, 6) is 1.57. The van der Waals surface area contributed by atoms with Crippen molar-refractivity contribution in [2.24, 2.45) is 0 Å². The highest BCUT2D eigenvalue weighted by Crippen LogP contribution is 2.34. The predicted molar refractivity (Wildman–Crippen MR) is 59.5 cm³/mol. The molecule has 1 aromatic heterocycles. The van der Waals surface area contributed by atoms with Crippen LogP contribution in [0.3, 0.4) is 0 Å². The molecule has 0 spiro atoms. The molecule has 0 aliphatic heterocycles. The standard InChI is InChI=1S/C11H10NO2S/c1-13-8-3-4-9(10(5-8)14-2)11-6-12-7-15-11/h3-6H,1-2H3. The minimum atomic E-state index is 0.782. The largest absolute Gasteiger partial charge is 0.497 e. The van der Waals surface area contributed by atoms with Crippen molar-refractivity contribution in [1.82, 2.24) is 4.98 Å². The number of methoxy groups -OCH3 is 2. The van der Waals surface area contributed by atoms with E-state index in [-0.39, 0.29) is 0 Å². The van der Waals surface area contributed by atoms with Gasteiger partial charge in [0.2, 0.25) is 0 Å². The molecule has 1 radical (unpaired) electrons. The van der Waals surface area contributed by atoms with Gasteiger partial charge in [-0.1, -0.05) is 0 Å². The molecule has 0 aliphatic carbocycles. The van der Waals surface area contributed by atoms with Gasteiger partial charge in [-0.3, -0.25) is 0 Å². The average molecular weight is 220 g/mol. The highest BCUT2D eigenvalue weighted by Gasteiger charge is 2.08. The molecule has 1 aromatic carbocycles. The third-order valence-electron chi connectivity index (χ3n) is 2.06. The van der Waals surface area contributed by atoms with Gasteiger partial charge in [-0.05, 0) is 12.1 Å². The predicted octanol–water partition coefficient (Wildman–Crippen LogP) is 2.63. The number of hydrogen-bond acceptors (Lipinski definition) is 4. The van der Waals surface area contributed by atoms with E-state index in [9.17, 15) is 0 Å². The zero-order valence-corrected chi connectivity index (χ0v) is 9.30. The number of hydrogen-bond donors (Lipinski definition) is 0. The Hall–Kier alpha value is -1.55. The average Bonchev–Trinajstić information content (AvgIpc) is 2.81. The molecule has 3 nitrogen and oxygen atoms in total. The molecule has 0 unspecified atom stereocenters. The van der Waals surface area contributed by atoms with E-state index in [4.69, 9.17) is 9.47 Å². The van der Waals surface area contributed by atoms with Crippen molar-refractivity contribution in [3.8, 4) is 21.9 Å². The Kier molecular flexibility index (Phi) is 2.87. The lowest BCUT2D eigenvalue weighted by molar-refractivity contribution is 0.395. The Balaban J connectivity index is 2.48. The first-order chi connectivity index (χ1) is 7.35. The van der Waals surface area contributed by atoms with Crippen molar-refractivity contribution >= 4 is 11.3 Å². The summed E-state index contributed by atoms with van der Waals surface area (Å²) in [6.45, 7) is 0. The fraction of sp³-hybridized carbons (Fsp3) is 0.182. The molecule has 2 rings (SSSR count). The highest BCUT2D eigenvalue weighted by molar-refractivity contribution is 7.12. The van der Waals surface area contributed by atoms with Crippen molar-refractivity contribution in [3.63, 3.8) is 0 Å².